The molecule has 0 amide bonds. The van der Waals surface area contributed by atoms with Gasteiger partial charge < -0.3 is 19.3 Å². The Bertz CT molecular complexity index is 514. The number of methoxy groups -OCH3 is 1. The fraction of sp³-hybridized carbons (Fsp3) is 0.500. The fourth-order valence-corrected chi connectivity index (χ4v) is 2.90. The lowest BCUT2D eigenvalue weighted by atomic mass is 9.90. The molecule has 3 rings (SSSR count). The van der Waals surface area contributed by atoms with Gasteiger partial charge in [-0.2, -0.15) is 0 Å². The van der Waals surface area contributed by atoms with Crippen molar-refractivity contribution in [2.24, 2.45) is 0 Å². The van der Waals surface area contributed by atoms with Crippen LogP contribution in [0.15, 0.2) is 0 Å². The second kappa shape index (κ2) is 4.33. The zero-order chi connectivity index (χ0) is 13.6. The Labute approximate surface area is 111 Å². The molecule has 0 saturated heterocycles. The number of benzene rings is 1. The summed E-state index contributed by atoms with van der Waals surface area (Å²) in [6.07, 6.45) is 1.43. The van der Waals surface area contributed by atoms with Crippen molar-refractivity contribution in [3.63, 3.8) is 0 Å². The molecular weight excluding hydrogens is 248 g/mol. The lowest BCUT2D eigenvalue weighted by molar-refractivity contribution is -0.138. The van der Waals surface area contributed by atoms with Gasteiger partial charge in [0.05, 0.1) is 26.2 Å². The van der Waals surface area contributed by atoms with Crippen LogP contribution in [0.5, 0.6) is 17.2 Å². The summed E-state index contributed by atoms with van der Waals surface area (Å²) in [5.74, 6) is 0.650. The van der Waals surface area contributed by atoms with Crippen molar-refractivity contribution in [3.8, 4) is 17.2 Å². The van der Waals surface area contributed by atoms with Crippen LogP contribution < -0.4 is 14.2 Å². The van der Waals surface area contributed by atoms with Crippen molar-refractivity contribution < 1.29 is 24.1 Å². The summed E-state index contributed by atoms with van der Waals surface area (Å²) in [5.41, 5.74) is 2.62. The Kier molecular flexibility index (Phi) is 2.77. The van der Waals surface area contributed by atoms with Crippen molar-refractivity contribution in [1.82, 2.24) is 0 Å². The van der Waals surface area contributed by atoms with E-state index >= 15 is 0 Å². The molecule has 0 aliphatic carbocycles. The van der Waals surface area contributed by atoms with E-state index in [2.05, 4.69) is 0 Å². The molecule has 19 heavy (non-hydrogen) atoms. The third kappa shape index (κ3) is 1.64. The maximum atomic E-state index is 11.3. The van der Waals surface area contributed by atoms with Crippen LogP contribution in [0.4, 0.5) is 0 Å². The highest BCUT2D eigenvalue weighted by Crippen LogP contribution is 2.51. The first-order valence-corrected chi connectivity index (χ1v) is 6.39. The molecule has 102 valence electrons. The molecule has 0 spiro atoms. The molecule has 1 aromatic carbocycles. The van der Waals surface area contributed by atoms with Gasteiger partial charge in [-0.05, 0) is 6.92 Å². The van der Waals surface area contributed by atoms with Crippen LogP contribution >= 0.6 is 0 Å². The van der Waals surface area contributed by atoms with Crippen LogP contribution in [-0.4, -0.2) is 31.4 Å². The standard InChI is InChI=1S/C14H16O5/c1-7(14(15)16)10-8-3-5-19-13(8)12(17-2)9-4-6-18-11(9)10/h7H,3-6H2,1-2H3,(H,15,16). The second-order valence-corrected chi connectivity index (χ2v) is 4.82. The van der Waals surface area contributed by atoms with Crippen molar-refractivity contribution in [2.45, 2.75) is 25.7 Å². The fourth-order valence-electron chi connectivity index (χ4n) is 2.90. The molecule has 5 heteroatoms. The first-order chi connectivity index (χ1) is 9.15. The van der Waals surface area contributed by atoms with Gasteiger partial charge in [0.1, 0.15) is 5.75 Å². The van der Waals surface area contributed by atoms with Gasteiger partial charge >= 0.3 is 5.97 Å². The maximum Gasteiger partial charge on any atom is 0.310 e. The molecule has 2 aliphatic heterocycles. The van der Waals surface area contributed by atoms with Gasteiger partial charge in [-0.3, -0.25) is 4.79 Å². The van der Waals surface area contributed by atoms with Crippen molar-refractivity contribution in [2.75, 3.05) is 20.3 Å². The smallest absolute Gasteiger partial charge is 0.310 e. The highest BCUT2D eigenvalue weighted by Gasteiger charge is 2.35. The molecule has 0 radical (unpaired) electrons. The normalized spacial score (nSPS) is 17.2. The van der Waals surface area contributed by atoms with Crippen LogP contribution in [0.1, 0.15) is 29.5 Å². The number of carboxylic acids is 1. The third-order valence-corrected chi connectivity index (χ3v) is 3.80. The van der Waals surface area contributed by atoms with E-state index in [1.54, 1.807) is 14.0 Å². The number of rotatable bonds is 3. The molecule has 2 heterocycles. The zero-order valence-electron chi connectivity index (χ0n) is 11.0. The predicted molar refractivity (Wildman–Crippen MR) is 67.4 cm³/mol. The third-order valence-electron chi connectivity index (χ3n) is 3.80. The van der Waals surface area contributed by atoms with E-state index in [0.717, 1.165) is 23.1 Å². The first kappa shape index (κ1) is 12.1. The highest BCUT2D eigenvalue weighted by atomic mass is 16.5. The van der Waals surface area contributed by atoms with Gasteiger partial charge in [0.25, 0.3) is 0 Å². The number of hydrogen-bond donors (Lipinski definition) is 1. The van der Waals surface area contributed by atoms with Crippen LogP contribution in [0.3, 0.4) is 0 Å². The summed E-state index contributed by atoms with van der Waals surface area (Å²) in [4.78, 5) is 11.3. The molecule has 1 N–H and O–H groups in total. The Morgan fingerprint density at radius 1 is 1.21 bits per heavy atom. The molecule has 1 atom stereocenters. The molecule has 0 aromatic heterocycles. The average molecular weight is 264 g/mol. The van der Waals surface area contributed by atoms with Gasteiger partial charge in [0, 0.05) is 29.5 Å². The average Bonchev–Trinajstić information content (AvgIpc) is 3.02. The Morgan fingerprint density at radius 2 is 1.84 bits per heavy atom. The van der Waals surface area contributed by atoms with E-state index in [1.165, 1.54) is 0 Å². The topological polar surface area (TPSA) is 65.0 Å². The SMILES string of the molecule is COc1c2c(c(C(C)C(=O)O)c3c1OCC3)OCC2. The summed E-state index contributed by atoms with van der Waals surface area (Å²) in [6.45, 7) is 2.81. The quantitative estimate of drug-likeness (QED) is 0.901. The Morgan fingerprint density at radius 3 is 2.47 bits per heavy atom. The van der Waals surface area contributed by atoms with E-state index in [-0.39, 0.29) is 0 Å². The number of carboxylic acid groups (broad SMARTS) is 1. The molecule has 1 unspecified atom stereocenters. The minimum atomic E-state index is -0.850. The maximum absolute atomic E-state index is 11.3. The van der Waals surface area contributed by atoms with Crippen LogP contribution in [0.2, 0.25) is 0 Å². The highest BCUT2D eigenvalue weighted by molar-refractivity contribution is 5.80. The molecular formula is C14H16O5. The number of fused-ring (bicyclic) bond motifs is 2. The predicted octanol–water partition coefficient (Wildman–Crippen LogP) is 1.75. The summed E-state index contributed by atoms with van der Waals surface area (Å²) in [6, 6.07) is 0. The van der Waals surface area contributed by atoms with E-state index in [1.807, 2.05) is 0 Å². The molecule has 2 aliphatic rings. The number of hydrogen-bond acceptors (Lipinski definition) is 4. The summed E-state index contributed by atoms with van der Waals surface area (Å²) >= 11 is 0. The number of ether oxygens (including phenoxy) is 3. The van der Waals surface area contributed by atoms with Gasteiger partial charge in [0.15, 0.2) is 11.5 Å². The molecule has 1 aromatic rings. The summed E-state index contributed by atoms with van der Waals surface area (Å²) in [5, 5.41) is 9.30. The molecule has 5 nitrogen and oxygen atoms in total. The van der Waals surface area contributed by atoms with Gasteiger partial charge in [-0.1, -0.05) is 0 Å². The molecule has 0 bridgehead atoms. The van der Waals surface area contributed by atoms with Crippen molar-refractivity contribution in [3.05, 3.63) is 16.7 Å². The zero-order valence-corrected chi connectivity index (χ0v) is 11.0. The minimum absolute atomic E-state index is 0.563. The van der Waals surface area contributed by atoms with E-state index in [4.69, 9.17) is 14.2 Å². The molecule has 0 saturated carbocycles. The lowest BCUT2D eigenvalue weighted by Gasteiger charge is -2.18. The van der Waals surface area contributed by atoms with Gasteiger partial charge in [0.2, 0.25) is 0 Å². The van der Waals surface area contributed by atoms with Gasteiger partial charge in [-0.25, -0.2) is 0 Å². The lowest BCUT2D eigenvalue weighted by Crippen LogP contribution is -2.11. The Balaban J connectivity index is 2.27. The monoisotopic (exact) mass is 264 g/mol. The second-order valence-electron chi connectivity index (χ2n) is 4.82. The van der Waals surface area contributed by atoms with Crippen molar-refractivity contribution in [1.29, 1.82) is 0 Å². The minimum Gasteiger partial charge on any atom is -0.492 e. The summed E-state index contributed by atoms with van der Waals surface area (Å²) < 4.78 is 16.8. The van der Waals surface area contributed by atoms with E-state index in [0.29, 0.717) is 36.9 Å². The molecule has 0 fully saturated rings. The first-order valence-electron chi connectivity index (χ1n) is 6.39. The summed E-state index contributed by atoms with van der Waals surface area (Å²) in [7, 11) is 1.61. The van der Waals surface area contributed by atoms with Crippen LogP contribution in [0, 0.1) is 0 Å². The van der Waals surface area contributed by atoms with Crippen LogP contribution in [0.25, 0.3) is 0 Å². The van der Waals surface area contributed by atoms with E-state index < -0.39 is 11.9 Å². The van der Waals surface area contributed by atoms with Crippen LogP contribution in [-0.2, 0) is 17.6 Å². The van der Waals surface area contributed by atoms with Gasteiger partial charge in [-0.15, -0.1) is 0 Å². The number of carbonyl (C=O) groups is 1. The Hall–Kier alpha value is -1.91. The largest absolute Gasteiger partial charge is 0.492 e. The van der Waals surface area contributed by atoms with E-state index in [9.17, 15) is 9.90 Å². The van der Waals surface area contributed by atoms with Crippen molar-refractivity contribution >= 4 is 5.97 Å². The number of aliphatic carboxylic acids is 1.